The molecular formula is C12H17N3O5. The number of rotatable bonds is 5. The number of aromatic amines is 1. The minimum absolute atomic E-state index is 0.0646. The van der Waals surface area contributed by atoms with Gasteiger partial charge in [-0.05, 0) is 12.3 Å². The molecule has 8 nitrogen and oxygen atoms in total. The summed E-state index contributed by atoms with van der Waals surface area (Å²) >= 11 is 0. The lowest BCUT2D eigenvalue weighted by molar-refractivity contribution is -0.139. The van der Waals surface area contributed by atoms with Crippen LogP contribution in [0, 0.1) is 5.92 Å². The third-order valence-corrected chi connectivity index (χ3v) is 2.66. The molecule has 0 bridgehead atoms. The summed E-state index contributed by atoms with van der Waals surface area (Å²) in [4.78, 5) is 47.6. The Morgan fingerprint density at radius 1 is 1.40 bits per heavy atom. The van der Waals surface area contributed by atoms with E-state index in [1.165, 1.54) is 7.05 Å². The molecule has 3 N–H and O–H groups in total. The Kier molecular flexibility index (Phi) is 4.84. The fourth-order valence-electron chi connectivity index (χ4n) is 1.65. The summed E-state index contributed by atoms with van der Waals surface area (Å²) < 4.78 is 1.04. The molecule has 110 valence electrons. The molecule has 20 heavy (non-hydrogen) atoms. The van der Waals surface area contributed by atoms with Gasteiger partial charge in [0.25, 0.3) is 11.5 Å². The summed E-state index contributed by atoms with van der Waals surface area (Å²) in [6.07, 6.45) is 1.32. The second-order valence-electron chi connectivity index (χ2n) is 4.91. The number of hydrogen-bond donors (Lipinski definition) is 3. The van der Waals surface area contributed by atoms with E-state index in [-0.39, 0.29) is 17.9 Å². The van der Waals surface area contributed by atoms with Crippen LogP contribution in [-0.2, 0) is 11.8 Å². The predicted octanol–water partition coefficient (Wildman–Crippen LogP) is -0.697. The maximum Gasteiger partial charge on any atom is 0.328 e. The van der Waals surface area contributed by atoms with E-state index in [2.05, 4.69) is 5.32 Å². The third-order valence-electron chi connectivity index (χ3n) is 2.66. The number of nitrogens with zero attached hydrogens (tertiary/aromatic N) is 1. The van der Waals surface area contributed by atoms with Gasteiger partial charge in [0.05, 0.1) is 0 Å². The summed E-state index contributed by atoms with van der Waals surface area (Å²) in [7, 11) is 1.37. The first kappa shape index (κ1) is 15.7. The van der Waals surface area contributed by atoms with Gasteiger partial charge in [-0.1, -0.05) is 13.8 Å². The smallest absolute Gasteiger partial charge is 0.328 e. The molecule has 0 aliphatic heterocycles. The van der Waals surface area contributed by atoms with Crippen LogP contribution in [0.2, 0.25) is 0 Å². The summed E-state index contributed by atoms with van der Waals surface area (Å²) in [5, 5.41) is 11.3. The highest BCUT2D eigenvalue weighted by molar-refractivity contribution is 5.95. The molecule has 8 heteroatoms. The minimum Gasteiger partial charge on any atom is -0.480 e. The van der Waals surface area contributed by atoms with Gasteiger partial charge in [0.1, 0.15) is 11.6 Å². The molecule has 0 fully saturated rings. The first-order valence-corrected chi connectivity index (χ1v) is 6.06. The Hall–Kier alpha value is -2.38. The molecule has 0 saturated carbocycles. The highest BCUT2D eigenvalue weighted by Gasteiger charge is 2.23. The van der Waals surface area contributed by atoms with Gasteiger partial charge in [0, 0.05) is 13.2 Å². The van der Waals surface area contributed by atoms with E-state index >= 15 is 0 Å². The zero-order valence-electron chi connectivity index (χ0n) is 11.5. The van der Waals surface area contributed by atoms with Crippen LogP contribution in [0.15, 0.2) is 15.8 Å². The molecule has 0 saturated heterocycles. The van der Waals surface area contributed by atoms with E-state index < -0.39 is 29.2 Å². The molecule has 0 aliphatic carbocycles. The van der Waals surface area contributed by atoms with Crippen LogP contribution in [-0.4, -0.2) is 32.6 Å². The number of H-pyrrole nitrogens is 1. The van der Waals surface area contributed by atoms with Crippen molar-refractivity contribution in [1.82, 2.24) is 14.9 Å². The quantitative estimate of drug-likeness (QED) is 0.660. The molecule has 1 heterocycles. The van der Waals surface area contributed by atoms with E-state index in [1.54, 1.807) is 0 Å². The molecule has 0 aliphatic rings. The fraction of sp³-hybridized carbons (Fsp3) is 0.500. The fourth-order valence-corrected chi connectivity index (χ4v) is 1.65. The first-order valence-electron chi connectivity index (χ1n) is 6.06. The lowest BCUT2D eigenvalue weighted by Gasteiger charge is -2.16. The number of aliphatic carboxylic acids is 1. The lowest BCUT2D eigenvalue weighted by atomic mass is 10.0. The Balaban J connectivity index is 3.01. The van der Waals surface area contributed by atoms with Crippen LogP contribution >= 0.6 is 0 Å². The SMILES string of the molecule is CC(C)CC(NC(=O)c1cn(C)c(=O)[nH]c1=O)C(=O)O. The van der Waals surface area contributed by atoms with Crippen LogP contribution in [0.4, 0.5) is 0 Å². The van der Waals surface area contributed by atoms with Gasteiger partial charge in [-0.3, -0.25) is 14.6 Å². The van der Waals surface area contributed by atoms with Gasteiger partial charge >= 0.3 is 11.7 Å². The molecule has 0 radical (unpaired) electrons. The topological polar surface area (TPSA) is 121 Å². The monoisotopic (exact) mass is 283 g/mol. The second kappa shape index (κ2) is 6.18. The van der Waals surface area contributed by atoms with Crippen LogP contribution in [0.3, 0.4) is 0 Å². The standard InChI is InChI=1S/C12H17N3O5/c1-6(2)4-8(11(18)19)13-9(16)7-5-15(3)12(20)14-10(7)17/h5-6,8H,4H2,1-3H3,(H,13,16)(H,18,19)(H,14,17,20). The number of aromatic nitrogens is 2. The van der Waals surface area contributed by atoms with Gasteiger partial charge in [0.15, 0.2) is 0 Å². The molecule has 1 rings (SSSR count). The van der Waals surface area contributed by atoms with Gasteiger partial charge in [-0.15, -0.1) is 0 Å². The van der Waals surface area contributed by atoms with Crippen LogP contribution in [0.25, 0.3) is 0 Å². The molecular weight excluding hydrogens is 266 g/mol. The Morgan fingerprint density at radius 3 is 2.50 bits per heavy atom. The third kappa shape index (κ3) is 3.81. The normalized spacial score (nSPS) is 12.2. The number of nitrogens with one attached hydrogen (secondary N) is 2. The summed E-state index contributed by atoms with van der Waals surface area (Å²) in [6, 6.07) is -1.08. The van der Waals surface area contributed by atoms with Crippen molar-refractivity contribution in [2.75, 3.05) is 0 Å². The average molecular weight is 283 g/mol. The van der Waals surface area contributed by atoms with Crippen molar-refractivity contribution in [1.29, 1.82) is 0 Å². The lowest BCUT2D eigenvalue weighted by Crippen LogP contribution is -2.44. The van der Waals surface area contributed by atoms with Gasteiger partial charge in [-0.25, -0.2) is 9.59 Å². The van der Waals surface area contributed by atoms with E-state index in [9.17, 15) is 19.2 Å². The number of carboxylic acids is 1. The van der Waals surface area contributed by atoms with Crippen molar-refractivity contribution >= 4 is 11.9 Å². The maximum atomic E-state index is 11.9. The zero-order valence-corrected chi connectivity index (χ0v) is 11.5. The molecule has 0 spiro atoms. The van der Waals surface area contributed by atoms with E-state index in [0.717, 1.165) is 10.8 Å². The number of hydrogen-bond acceptors (Lipinski definition) is 4. The number of carbonyl (C=O) groups is 2. The molecule has 1 aromatic heterocycles. The highest BCUT2D eigenvalue weighted by atomic mass is 16.4. The Bertz CT molecular complexity index is 629. The van der Waals surface area contributed by atoms with Crippen LogP contribution in [0.1, 0.15) is 30.6 Å². The largest absolute Gasteiger partial charge is 0.480 e. The molecule has 1 unspecified atom stereocenters. The summed E-state index contributed by atoms with van der Waals surface area (Å²) in [5.74, 6) is -1.93. The van der Waals surface area contributed by atoms with Crippen molar-refractivity contribution in [2.45, 2.75) is 26.3 Å². The van der Waals surface area contributed by atoms with Crippen molar-refractivity contribution in [3.05, 3.63) is 32.6 Å². The second-order valence-corrected chi connectivity index (χ2v) is 4.91. The van der Waals surface area contributed by atoms with Gasteiger partial charge in [-0.2, -0.15) is 0 Å². The van der Waals surface area contributed by atoms with Crippen LogP contribution < -0.4 is 16.6 Å². The van der Waals surface area contributed by atoms with E-state index in [4.69, 9.17) is 5.11 Å². The molecule has 1 aromatic rings. The van der Waals surface area contributed by atoms with E-state index in [0.29, 0.717) is 0 Å². The van der Waals surface area contributed by atoms with Crippen LogP contribution in [0.5, 0.6) is 0 Å². The van der Waals surface area contributed by atoms with Gasteiger partial charge in [0.2, 0.25) is 0 Å². The summed E-state index contributed by atoms with van der Waals surface area (Å²) in [6.45, 7) is 3.64. The van der Waals surface area contributed by atoms with E-state index in [1.807, 2.05) is 18.8 Å². The van der Waals surface area contributed by atoms with Crippen molar-refractivity contribution < 1.29 is 14.7 Å². The van der Waals surface area contributed by atoms with Crippen molar-refractivity contribution in [2.24, 2.45) is 13.0 Å². The molecule has 1 atom stereocenters. The zero-order chi connectivity index (χ0) is 15.4. The van der Waals surface area contributed by atoms with Gasteiger partial charge < -0.3 is 15.0 Å². The molecule has 0 aromatic carbocycles. The Labute approximate surface area is 114 Å². The maximum absolute atomic E-state index is 11.9. The number of aryl methyl sites for hydroxylation is 1. The molecule has 1 amide bonds. The van der Waals surface area contributed by atoms with Crippen molar-refractivity contribution in [3.63, 3.8) is 0 Å². The Morgan fingerprint density at radius 2 is 2.00 bits per heavy atom. The number of carbonyl (C=O) groups excluding carboxylic acids is 1. The first-order chi connectivity index (χ1) is 9.22. The average Bonchev–Trinajstić information content (AvgIpc) is 2.32. The minimum atomic E-state index is -1.17. The summed E-state index contributed by atoms with van der Waals surface area (Å²) in [5.41, 5.74) is -1.80. The number of carboxylic acid groups (broad SMARTS) is 1. The number of amides is 1. The highest BCUT2D eigenvalue weighted by Crippen LogP contribution is 2.05. The van der Waals surface area contributed by atoms with Crippen molar-refractivity contribution in [3.8, 4) is 0 Å². The predicted molar refractivity (Wildman–Crippen MR) is 70.6 cm³/mol.